The van der Waals surface area contributed by atoms with Crippen molar-refractivity contribution in [3.05, 3.63) is 12.7 Å². The van der Waals surface area contributed by atoms with E-state index >= 15 is 0 Å². The summed E-state index contributed by atoms with van der Waals surface area (Å²) in [5.41, 5.74) is 0. The van der Waals surface area contributed by atoms with Gasteiger partial charge in [-0.3, -0.25) is 0 Å². The van der Waals surface area contributed by atoms with Crippen LogP contribution in [0, 0.1) is 0 Å². The number of allylic oxidation sites excluding steroid dienone is 1. The third kappa shape index (κ3) is 4.25. The molecule has 0 bridgehead atoms. The second kappa shape index (κ2) is 6.20. The lowest BCUT2D eigenvalue weighted by atomic mass is 10.0. The Hall–Kier alpha value is -0.340. The number of hydrogen-bond donors (Lipinski definition) is 1. The highest BCUT2D eigenvalue weighted by Crippen LogP contribution is 2.09. The van der Waals surface area contributed by atoms with E-state index in [4.69, 9.17) is 0 Å². The van der Waals surface area contributed by atoms with Crippen molar-refractivity contribution < 1.29 is 0 Å². The minimum absolute atomic E-state index is 0.629. The minimum atomic E-state index is 0.629. The fourth-order valence-electron chi connectivity index (χ4n) is 2.16. The van der Waals surface area contributed by atoms with Gasteiger partial charge in [0.1, 0.15) is 0 Å². The molecule has 14 heavy (non-hydrogen) atoms. The van der Waals surface area contributed by atoms with Crippen molar-refractivity contribution in [3.8, 4) is 0 Å². The molecule has 0 aliphatic carbocycles. The second-order valence-electron chi connectivity index (χ2n) is 4.54. The van der Waals surface area contributed by atoms with Gasteiger partial charge in [0.25, 0.3) is 0 Å². The van der Waals surface area contributed by atoms with Gasteiger partial charge in [-0.15, -0.1) is 6.58 Å². The van der Waals surface area contributed by atoms with E-state index in [2.05, 4.69) is 30.8 Å². The maximum Gasteiger partial charge on any atom is 0.0197 e. The van der Waals surface area contributed by atoms with E-state index in [9.17, 15) is 0 Å². The molecular weight excluding hydrogens is 172 g/mol. The molecule has 82 valence electrons. The van der Waals surface area contributed by atoms with Crippen molar-refractivity contribution in [3.63, 3.8) is 0 Å². The van der Waals surface area contributed by atoms with Crippen LogP contribution < -0.4 is 5.32 Å². The van der Waals surface area contributed by atoms with E-state index in [0.29, 0.717) is 12.1 Å². The van der Waals surface area contributed by atoms with Crippen molar-refractivity contribution in [1.29, 1.82) is 0 Å². The fourth-order valence-corrected chi connectivity index (χ4v) is 2.16. The Balaban J connectivity index is 2.18. The summed E-state index contributed by atoms with van der Waals surface area (Å²) in [5, 5.41) is 3.69. The first-order valence-corrected chi connectivity index (χ1v) is 5.78. The molecule has 0 aromatic heterocycles. The fraction of sp³-hybridized carbons (Fsp3) is 0.833. The molecule has 2 atom stereocenters. The highest BCUT2D eigenvalue weighted by Gasteiger charge is 2.17. The first-order chi connectivity index (χ1) is 6.72. The maximum absolute atomic E-state index is 3.76. The van der Waals surface area contributed by atoms with Gasteiger partial charge in [0.05, 0.1) is 0 Å². The number of rotatable bonds is 5. The zero-order valence-electron chi connectivity index (χ0n) is 9.63. The van der Waals surface area contributed by atoms with E-state index in [1.807, 2.05) is 6.08 Å². The standard InChI is InChI=1S/C12H24N2/c1-4-5-7-11(2)13-12-8-6-9-14(3)10-12/h4,11-13H,1,5-10H2,2-3H3. The predicted octanol–water partition coefficient (Wildman–Crippen LogP) is 2.02. The average molecular weight is 196 g/mol. The molecule has 0 spiro atoms. The maximum atomic E-state index is 3.76. The summed E-state index contributed by atoms with van der Waals surface area (Å²) in [7, 11) is 2.21. The van der Waals surface area contributed by atoms with Gasteiger partial charge in [-0.2, -0.15) is 0 Å². The molecule has 0 aromatic carbocycles. The molecule has 1 rings (SSSR count). The van der Waals surface area contributed by atoms with Crippen LogP contribution in [0.4, 0.5) is 0 Å². The first kappa shape index (κ1) is 11.7. The Kier molecular flexibility index (Phi) is 5.20. The van der Waals surface area contributed by atoms with Gasteiger partial charge in [-0.25, -0.2) is 0 Å². The van der Waals surface area contributed by atoms with Gasteiger partial charge in [0.15, 0.2) is 0 Å². The van der Waals surface area contributed by atoms with Crippen molar-refractivity contribution in [2.45, 2.75) is 44.7 Å². The van der Waals surface area contributed by atoms with Gasteiger partial charge in [-0.05, 0) is 46.2 Å². The van der Waals surface area contributed by atoms with Crippen LogP contribution in [-0.2, 0) is 0 Å². The number of likely N-dealkylation sites (N-methyl/N-ethyl adjacent to an activating group) is 1. The van der Waals surface area contributed by atoms with Crippen LogP contribution in [0.1, 0.15) is 32.6 Å². The third-order valence-electron chi connectivity index (χ3n) is 2.95. The largest absolute Gasteiger partial charge is 0.310 e. The van der Waals surface area contributed by atoms with Crippen LogP contribution in [0.5, 0.6) is 0 Å². The molecule has 2 nitrogen and oxygen atoms in total. The Morgan fingerprint density at radius 3 is 3.07 bits per heavy atom. The molecule has 1 saturated heterocycles. The van der Waals surface area contributed by atoms with Crippen molar-refractivity contribution in [1.82, 2.24) is 10.2 Å². The SMILES string of the molecule is C=CCCC(C)NC1CCCN(C)C1. The van der Waals surface area contributed by atoms with Crippen LogP contribution in [0.25, 0.3) is 0 Å². The lowest BCUT2D eigenvalue weighted by Gasteiger charge is -2.32. The molecule has 1 aliphatic rings. The number of likely N-dealkylation sites (tertiary alicyclic amines) is 1. The summed E-state index contributed by atoms with van der Waals surface area (Å²) in [6, 6.07) is 1.33. The smallest absolute Gasteiger partial charge is 0.0197 e. The van der Waals surface area contributed by atoms with Crippen LogP contribution in [0.15, 0.2) is 12.7 Å². The van der Waals surface area contributed by atoms with Crippen molar-refractivity contribution in [2.24, 2.45) is 0 Å². The molecule has 2 heteroatoms. The highest BCUT2D eigenvalue weighted by atomic mass is 15.1. The number of nitrogens with one attached hydrogen (secondary N) is 1. The molecule has 1 fully saturated rings. The van der Waals surface area contributed by atoms with Crippen molar-refractivity contribution >= 4 is 0 Å². The molecule has 1 heterocycles. The highest BCUT2D eigenvalue weighted by molar-refractivity contribution is 4.80. The lowest BCUT2D eigenvalue weighted by molar-refractivity contribution is 0.216. The quantitative estimate of drug-likeness (QED) is 0.677. The molecule has 0 radical (unpaired) electrons. The Bertz CT molecular complexity index is 168. The van der Waals surface area contributed by atoms with Crippen LogP contribution in [0.3, 0.4) is 0 Å². The van der Waals surface area contributed by atoms with Gasteiger partial charge >= 0.3 is 0 Å². The van der Waals surface area contributed by atoms with Gasteiger partial charge in [0, 0.05) is 18.6 Å². The summed E-state index contributed by atoms with van der Waals surface area (Å²) < 4.78 is 0. The zero-order chi connectivity index (χ0) is 10.4. The third-order valence-corrected chi connectivity index (χ3v) is 2.95. The summed E-state index contributed by atoms with van der Waals surface area (Å²) in [6.07, 6.45) is 7.01. The van der Waals surface area contributed by atoms with E-state index in [0.717, 1.165) is 6.42 Å². The molecule has 0 saturated carbocycles. The van der Waals surface area contributed by atoms with E-state index in [1.54, 1.807) is 0 Å². The molecule has 2 unspecified atom stereocenters. The zero-order valence-corrected chi connectivity index (χ0v) is 9.63. The molecule has 1 N–H and O–H groups in total. The topological polar surface area (TPSA) is 15.3 Å². The summed E-state index contributed by atoms with van der Waals surface area (Å²) in [6.45, 7) is 8.50. The average Bonchev–Trinajstić information content (AvgIpc) is 2.15. The Morgan fingerprint density at radius 1 is 1.64 bits per heavy atom. The summed E-state index contributed by atoms with van der Waals surface area (Å²) in [5.74, 6) is 0. The Labute approximate surface area is 88.4 Å². The van der Waals surface area contributed by atoms with Crippen LogP contribution in [-0.4, -0.2) is 37.1 Å². The number of nitrogens with zero attached hydrogens (tertiary/aromatic N) is 1. The second-order valence-corrected chi connectivity index (χ2v) is 4.54. The summed E-state index contributed by atoms with van der Waals surface area (Å²) >= 11 is 0. The number of piperidine rings is 1. The lowest BCUT2D eigenvalue weighted by Crippen LogP contribution is -2.47. The normalized spacial score (nSPS) is 26.0. The molecule has 0 aromatic rings. The minimum Gasteiger partial charge on any atom is -0.310 e. The van der Waals surface area contributed by atoms with E-state index in [-0.39, 0.29) is 0 Å². The summed E-state index contributed by atoms with van der Waals surface area (Å²) in [4.78, 5) is 2.42. The molecule has 1 aliphatic heterocycles. The van der Waals surface area contributed by atoms with Gasteiger partial charge in [0.2, 0.25) is 0 Å². The first-order valence-electron chi connectivity index (χ1n) is 5.78. The van der Waals surface area contributed by atoms with Gasteiger partial charge in [-0.1, -0.05) is 6.08 Å². The Morgan fingerprint density at radius 2 is 2.43 bits per heavy atom. The number of hydrogen-bond acceptors (Lipinski definition) is 2. The van der Waals surface area contributed by atoms with Gasteiger partial charge < -0.3 is 10.2 Å². The van der Waals surface area contributed by atoms with E-state index < -0.39 is 0 Å². The predicted molar refractivity (Wildman–Crippen MR) is 62.5 cm³/mol. The van der Waals surface area contributed by atoms with Crippen LogP contribution in [0.2, 0.25) is 0 Å². The van der Waals surface area contributed by atoms with E-state index in [1.165, 1.54) is 32.4 Å². The van der Waals surface area contributed by atoms with Crippen molar-refractivity contribution in [2.75, 3.05) is 20.1 Å². The molecular formula is C12H24N2. The monoisotopic (exact) mass is 196 g/mol. The molecule has 0 amide bonds. The van der Waals surface area contributed by atoms with Crippen LogP contribution >= 0.6 is 0 Å².